The van der Waals surface area contributed by atoms with Gasteiger partial charge in [-0.3, -0.25) is 9.63 Å². The first-order valence-corrected chi connectivity index (χ1v) is 8.07. The van der Waals surface area contributed by atoms with E-state index in [2.05, 4.69) is 24.3 Å². The quantitative estimate of drug-likeness (QED) is 0.671. The SMILES string of the molecule is O=C(c1ccccc1)N1OC2c3ccccc3C1c1ccccc12. The molecule has 3 aromatic carbocycles. The number of hydroxylamine groups is 2. The van der Waals surface area contributed by atoms with Gasteiger partial charge in [0, 0.05) is 5.56 Å². The number of carbonyl (C=O) groups is 1. The first kappa shape index (κ1) is 13.5. The van der Waals surface area contributed by atoms with Crippen molar-refractivity contribution < 1.29 is 9.63 Å². The Morgan fingerprint density at radius 2 is 1.21 bits per heavy atom. The summed E-state index contributed by atoms with van der Waals surface area (Å²) in [5.74, 6) is -0.102. The fourth-order valence-corrected chi connectivity index (χ4v) is 3.75. The van der Waals surface area contributed by atoms with Crippen molar-refractivity contribution in [2.45, 2.75) is 12.1 Å². The predicted octanol–water partition coefficient (Wildman–Crippen LogP) is 4.27. The number of rotatable bonds is 1. The summed E-state index contributed by atoms with van der Waals surface area (Å²) in [4.78, 5) is 19.1. The van der Waals surface area contributed by atoms with E-state index in [-0.39, 0.29) is 18.1 Å². The number of amides is 1. The molecule has 6 rings (SSSR count). The van der Waals surface area contributed by atoms with Crippen molar-refractivity contribution in [3.8, 4) is 0 Å². The zero-order valence-electron chi connectivity index (χ0n) is 12.9. The van der Waals surface area contributed by atoms with Gasteiger partial charge in [0.05, 0.1) is 0 Å². The second-order valence-electron chi connectivity index (χ2n) is 6.14. The molecule has 2 bridgehead atoms. The van der Waals surface area contributed by atoms with Gasteiger partial charge in [-0.15, -0.1) is 0 Å². The van der Waals surface area contributed by atoms with E-state index < -0.39 is 0 Å². The van der Waals surface area contributed by atoms with Crippen molar-refractivity contribution in [3.05, 3.63) is 107 Å². The molecule has 3 aliphatic rings. The Bertz CT molecular complexity index is 888. The summed E-state index contributed by atoms with van der Waals surface area (Å²) < 4.78 is 0. The van der Waals surface area contributed by atoms with Crippen LogP contribution in [0.2, 0.25) is 0 Å². The lowest BCUT2D eigenvalue weighted by Crippen LogP contribution is -2.45. The molecule has 0 saturated heterocycles. The lowest BCUT2D eigenvalue weighted by molar-refractivity contribution is -0.193. The van der Waals surface area contributed by atoms with Crippen molar-refractivity contribution in [3.63, 3.8) is 0 Å². The van der Waals surface area contributed by atoms with Crippen molar-refractivity contribution in [2.75, 3.05) is 0 Å². The highest BCUT2D eigenvalue weighted by atomic mass is 16.7. The molecule has 0 atom stereocenters. The fourth-order valence-electron chi connectivity index (χ4n) is 3.75. The minimum Gasteiger partial charge on any atom is -0.267 e. The Morgan fingerprint density at radius 1 is 0.708 bits per heavy atom. The fraction of sp³-hybridized carbons (Fsp3) is 0.0952. The van der Waals surface area contributed by atoms with Crippen molar-refractivity contribution in [1.29, 1.82) is 0 Å². The maximum Gasteiger partial charge on any atom is 0.278 e. The molecular formula is C21H15NO2. The van der Waals surface area contributed by atoms with Gasteiger partial charge < -0.3 is 0 Å². The van der Waals surface area contributed by atoms with Crippen LogP contribution < -0.4 is 0 Å². The smallest absolute Gasteiger partial charge is 0.267 e. The average molecular weight is 313 g/mol. The lowest BCUT2D eigenvalue weighted by Gasteiger charge is -2.46. The van der Waals surface area contributed by atoms with Gasteiger partial charge in [0.2, 0.25) is 0 Å². The van der Waals surface area contributed by atoms with Gasteiger partial charge in [0.15, 0.2) is 0 Å². The summed E-state index contributed by atoms with van der Waals surface area (Å²) in [5, 5.41) is 1.55. The number of benzene rings is 3. The minimum atomic E-state index is -0.227. The maximum atomic E-state index is 13.0. The summed E-state index contributed by atoms with van der Waals surface area (Å²) in [5.41, 5.74) is 5.24. The molecular weight excluding hydrogens is 298 g/mol. The molecule has 1 aliphatic carbocycles. The normalized spacial score (nSPS) is 20.4. The number of hydrogen-bond donors (Lipinski definition) is 0. The Kier molecular flexibility index (Phi) is 2.84. The van der Waals surface area contributed by atoms with Crippen molar-refractivity contribution >= 4 is 5.91 Å². The van der Waals surface area contributed by atoms with Crippen LogP contribution in [0.5, 0.6) is 0 Å². The van der Waals surface area contributed by atoms with Gasteiger partial charge >= 0.3 is 0 Å². The van der Waals surface area contributed by atoms with Gasteiger partial charge in [-0.25, -0.2) is 5.06 Å². The molecule has 0 spiro atoms. The molecule has 3 nitrogen and oxygen atoms in total. The van der Waals surface area contributed by atoms with Gasteiger partial charge in [-0.1, -0.05) is 66.7 Å². The third-order valence-corrected chi connectivity index (χ3v) is 4.82. The molecule has 0 N–H and O–H groups in total. The molecule has 1 amide bonds. The van der Waals surface area contributed by atoms with Crippen LogP contribution in [0.15, 0.2) is 78.9 Å². The standard InChI is InChI=1S/C21H15NO2/c23-21(14-8-2-1-3-9-14)22-19-15-10-4-6-12-17(15)20(24-22)18-13-7-5-11-16(18)19/h1-13,19-20H. The Morgan fingerprint density at radius 3 is 1.79 bits per heavy atom. The van der Waals surface area contributed by atoms with Crippen LogP contribution in [0.25, 0.3) is 0 Å². The molecule has 0 radical (unpaired) electrons. The van der Waals surface area contributed by atoms with E-state index in [9.17, 15) is 4.79 Å². The van der Waals surface area contributed by atoms with Gasteiger partial charge in [-0.05, 0) is 34.4 Å². The third kappa shape index (κ3) is 1.79. The second kappa shape index (κ2) is 5.05. The molecule has 0 saturated carbocycles. The molecule has 0 fully saturated rings. The topological polar surface area (TPSA) is 29.5 Å². The molecule has 0 unspecified atom stereocenters. The van der Waals surface area contributed by atoms with E-state index in [0.29, 0.717) is 5.56 Å². The minimum absolute atomic E-state index is 0.102. The number of fused-ring (bicyclic) bond motifs is 1. The molecule has 3 aromatic rings. The lowest BCUT2D eigenvalue weighted by atomic mass is 9.79. The van der Waals surface area contributed by atoms with Gasteiger partial charge in [-0.2, -0.15) is 0 Å². The van der Waals surface area contributed by atoms with Crippen LogP contribution in [0, 0.1) is 0 Å². The highest BCUT2D eigenvalue weighted by Gasteiger charge is 2.45. The summed E-state index contributed by atoms with van der Waals surface area (Å²) in [6, 6.07) is 25.6. The van der Waals surface area contributed by atoms with E-state index in [1.165, 1.54) is 0 Å². The molecule has 0 aromatic heterocycles. The average Bonchev–Trinajstić information content (AvgIpc) is 2.68. The highest BCUT2D eigenvalue weighted by molar-refractivity contribution is 5.94. The Balaban J connectivity index is 1.68. The highest BCUT2D eigenvalue weighted by Crippen LogP contribution is 2.51. The van der Waals surface area contributed by atoms with Crippen LogP contribution in [0.4, 0.5) is 0 Å². The largest absolute Gasteiger partial charge is 0.278 e. The van der Waals surface area contributed by atoms with E-state index >= 15 is 0 Å². The van der Waals surface area contributed by atoms with Crippen LogP contribution in [0.1, 0.15) is 44.8 Å². The van der Waals surface area contributed by atoms with E-state index in [0.717, 1.165) is 22.3 Å². The maximum absolute atomic E-state index is 13.0. The van der Waals surface area contributed by atoms with Crippen molar-refractivity contribution in [1.82, 2.24) is 5.06 Å². The number of nitrogens with zero attached hydrogens (tertiary/aromatic N) is 1. The molecule has 2 aliphatic heterocycles. The molecule has 3 heteroatoms. The Labute approximate surface area is 140 Å². The first-order valence-electron chi connectivity index (χ1n) is 8.07. The monoisotopic (exact) mass is 313 g/mol. The summed E-state index contributed by atoms with van der Waals surface area (Å²) in [6.45, 7) is 0. The zero-order chi connectivity index (χ0) is 16.1. The number of carbonyl (C=O) groups excluding carboxylic acids is 1. The van der Waals surface area contributed by atoms with Crippen LogP contribution in [-0.4, -0.2) is 11.0 Å². The third-order valence-electron chi connectivity index (χ3n) is 4.82. The zero-order valence-corrected chi connectivity index (χ0v) is 12.9. The predicted molar refractivity (Wildman–Crippen MR) is 90.3 cm³/mol. The first-order chi connectivity index (χ1) is 11.8. The van der Waals surface area contributed by atoms with Crippen molar-refractivity contribution in [2.24, 2.45) is 0 Å². The number of hydrogen-bond acceptors (Lipinski definition) is 2. The summed E-state index contributed by atoms with van der Waals surface area (Å²) >= 11 is 0. The summed E-state index contributed by atoms with van der Waals surface area (Å²) in [7, 11) is 0. The van der Waals surface area contributed by atoms with Crippen LogP contribution >= 0.6 is 0 Å². The molecule has 2 heterocycles. The Hall–Kier alpha value is -2.91. The van der Waals surface area contributed by atoms with E-state index in [1.54, 1.807) is 5.06 Å². The second-order valence-corrected chi connectivity index (χ2v) is 6.14. The van der Waals surface area contributed by atoms with E-state index in [4.69, 9.17) is 4.84 Å². The summed E-state index contributed by atoms with van der Waals surface area (Å²) in [6.07, 6.45) is -0.227. The molecule has 116 valence electrons. The molecule has 24 heavy (non-hydrogen) atoms. The van der Waals surface area contributed by atoms with Crippen LogP contribution in [-0.2, 0) is 4.84 Å². The van der Waals surface area contributed by atoms with E-state index in [1.807, 2.05) is 54.6 Å². The van der Waals surface area contributed by atoms with Gasteiger partial charge in [0.1, 0.15) is 12.1 Å². The van der Waals surface area contributed by atoms with Gasteiger partial charge in [0.25, 0.3) is 5.91 Å². The van der Waals surface area contributed by atoms with Crippen LogP contribution in [0.3, 0.4) is 0 Å².